The fourth-order valence-electron chi connectivity index (χ4n) is 3.53. The molecule has 0 aliphatic carbocycles. The average Bonchev–Trinajstić information content (AvgIpc) is 3.51. The minimum Gasteiger partial charge on any atom is -0.467 e. The molecule has 0 N–H and O–H groups in total. The molecule has 7 heteroatoms. The Labute approximate surface area is 216 Å². The lowest BCUT2D eigenvalue weighted by Crippen LogP contribution is -2.28. The van der Waals surface area contributed by atoms with Crippen LogP contribution in [0, 0.1) is 0 Å². The summed E-state index contributed by atoms with van der Waals surface area (Å²) in [5.74, 6) is 0.549. The number of carbonyl (C=O) groups excluding carboxylic acids is 1. The molecule has 4 aromatic rings. The molecule has 172 valence electrons. The highest BCUT2D eigenvalue weighted by Crippen LogP contribution is 2.34. The van der Waals surface area contributed by atoms with Crippen molar-refractivity contribution < 1.29 is 9.21 Å². The molecule has 5 rings (SSSR count). The maximum atomic E-state index is 13.2. The maximum Gasteiger partial charge on any atom is 0.267 e. The largest absolute Gasteiger partial charge is 0.467 e. The Morgan fingerprint density at radius 3 is 2.29 bits per heavy atom. The van der Waals surface area contributed by atoms with Crippen molar-refractivity contribution in [2.75, 3.05) is 0 Å². The van der Waals surface area contributed by atoms with Gasteiger partial charge in [-0.3, -0.25) is 9.69 Å². The molecule has 3 aromatic carbocycles. The lowest BCUT2D eigenvalue weighted by atomic mass is 10.0. The Kier molecular flexibility index (Phi) is 7.07. The number of furan rings is 1. The summed E-state index contributed by atoms with van der Waals surface area (Å²) >= 11 is 4.74. The maximum absolute atomic E-state index is 13.2. The van der Waals surface area contributed by atoms with Gasteiger partial charge in [0.2, 0.25) is 0 Å². The van der Waals surface area contributed by atoms with Crippen LogP contribution in [0.15, 0.2) is 121 Å². The Morgan fingerprint density at radius 2 is 1.57 bits per heavy atom. The van der Waals surface area contributed by atoms with Crippen LogP contribution in [-0.4, -0.2) is 22.2 Å². The number of nitrogens with zero attached hydrogens (tertiary/aromatic N) is 3. The molecule has 0 radical (unpaired) electrons. The second-order valence-corrected chi connectivity index (χ2v) is 9.67. The van der Waals surface area contributed by atoms with Crippen LogP contribution in [0.5, 0.6) is 0 Å². The van der Waals surface area contributed by atoms with Crippen molar-refractivity contribution in [3.05, 3.63) is 124 Å². The SMILES string of the molecule is O=C1/C(=C/c2ccc(Br)cc2)S/C(=N\N=C\c2ccc(-c3ccccc3)cc2)N1Cc1ccco1. The van der Waals surface area contributed by atoms with E-state index in [4.69, 9.17) is 4.42 Å². The highest BCUT2D eigenvalue weighted by atomic mass is 79.9. The lowest BCUT2D eigenvalue weighted by molar-refractivity contribution is -0.122. The van der Waals surface area contributed by atoms with E-state index in [0.29, 0.717) is 15.8 Å². The third-order valence-corrected chi connectivity index (χ3v) is 6.84. The van der Waals surface area contributed by atoms with Crippen LogP contribution in [0.4, 0.5) is 0 Å². The number of halogens is 1. The van der Waals surface area contributed by atoms with Crippen molar-refractivity contribution in [2.45, 2.75) is 6.54 Å². The lowest BCUT2D eigenvalue weighted by Gasteiger charge is -2.12. The van der Waals surface area contributed by atoms with Crippen LogP contribution in [0.3, 0.4) is 0 Å². The van der Waals surface area contributed by atoms with Gasteiger partial charge in [-0.1, -0.05) is 82.7 Å². The van der Waals surface area contributed by atoms with Gasteiger partial charge in [0.05, 0.1) is 23.9 Å². The van der Waals surface area contributed by atoms with Crippen LogP contribution in [0.1, 0.15) is 16.9 Å². The number of hydrogen-bond donors (Lipinski definition) is 0. The summed E-state index contributed by atoms with van der Waals surface area (Å²) in [6.45, 7) is 0.288. The molecule has 1 fully saturated rings. The first-order valence-corrected chi connectivity index (χ1v) is 12.5. The highest BCUT2D eigenvalue weighted by Gasteiger charge is 2.34. The molecule has 1 aliphatic rings. The first kappa shape index (κ1) is 23.1. The third kappa shape index (κ3) is 5.70. The van der Waals surface area contributed by atoms with Crippen molar-refractivity contribution in [2.24, 2.45) is 10.2 Å². The molecule has 1 aliphatic heterocycles. The van der Waals surface area contributed by atoms with Gasteiger partial charge in [-0.15, -0.1) is 5.10 Å². The summed E-state index contributed by atoms with van der Waals surface area (Å²) in [6, 6.07) is 29.7. The molecule has 0 unspecified atom stereocenters. The Balaban J connectivity index is 1.37. The molecule has 1 saturated heterocycles. The summed E-state index contributed by atoms with van der Waals surface area (Å²) < 4.78 is 6.44. The number of hydrogen-bond acceptors (Lipinski definition) is 5. The predicted octanol–water partition coefficient (Wildman–Crippen LogP) is 7.22. The molecule has 0 spiro atoms. The fourth-order valence-corrected chi connectivity index (χ4v) is 4.73. The predicted molar refractivity (Wildman–Crippen MR) is 146 cm³/mol. The van der Waals surface area contributed by atoms with Gasteiger partial charge in [0.15, 0.2) is 5.17 Å². The summed E-state index contributed by atoms with van der Waals surface area (Å²) in [5.41, 5.74) is 4.16. The number of amides is 1. The second kappa shape index (κ2) is 10.7. The van der Waals surface area contributed by atoms with Gasteiger partial charge in [-0.05, 0) is 64.4 Å². The number of carbonyl (C=O) groups is 1. The fraction of sp³-hybridized carbons (Fsp3) is 0.0357. The van der Waals surface area contributed by atoms with Crippen molar-refractivity contribution >= 4 is 51.1 Å². The summed E-state index contributed by atoms with van der Waals surface area (Å²) in [6.07, 6.45) is 5.15. The standard InChI is InChI=1S/C28H20BrN3O2S/c29-24-14-10-20(11-15-24)17-26-27(33)32(19-25-7-4-16-34-25)28(35-26)31-30-18-21-8-12-23(13-9-21)22-5-2-1-3-6-22/h1-18H,19H2/b26-17-,30-18+,31-28-. The molecule has 2 heterocycles. The minimum atomic E-state index is -0.129. The number of thioether (sulfide) groups is 1. The first-order valence-electron chi connectivity index (χ1n) is 10.9. The van der Waals surface area contributed by atoms with Crippen molar-refractivity contribution in [1.82, 2.24) is 4.90 Å². The molecule has 5 nitrogen and oxygen atoms in total. The minimum absolute atomic E-state index is 0.129. The highest BCUT2D eigenvalue weighted by molar-refractivity contribution is 9.10. The molecule has 0 bridgehead atoms. The molecule has 1 aromatic heterocycles. The van der Waals surface area contributed by atoms with Crippen LogP contribution in [0.25, 0.3) is 17.2 Å². The zero-order chi connectivity index (χ0) is 24.0. The average molecular weight is 542 g/mol. The summed E-state index contributed by atoms with van der Waals surface area (Å²) in [4.78, 5) is 15.3. The van der Waals surface area contributed by atoms with Gasteiger partial charge in [-0.2, -0.15) is 5.10 Å². The number of benzene rings is 3. The Bertz CT molecular complexity index is 1400. The molecular weight excluding hydrogens is 522 g/mol. The van der Waals surface area contributed by atoms with Crippen molar-refractivity contribution in [3.8, 4) is 11.1 Å². The molecule has 0 saturated carbocycles. The number of amidine groups is 1. The summed E-state index contributed by atoms with van der Waals surface area (Å²) in [5, 5.41) is 9.17. The van der Waals surface area contributed by atoms with E-state index in [-0.39, 0.29) is 12.5 Å². The van der Waals surface area contributed by atoms with Gasteiger partial charge in [-0.25, -0.2) is 0 Å². The zero-order valence-electron chi connectivity index (χ0n) is 18.5. The molecule has 1 amide bonds. The summed E-state index contributed by atoms with van der Waals surface area (Å²) in [7, 11) is 0. The van der Waals surface area contributed by atoms with Crippen LogP contribution >= 0.6 is 27.7 Å². The number of rotatable bonds is 6. The van der Waals surface area contributed by atoms with Crippen LogP contribution < -0.4 is 0 Å². The van der Waals surface area contributed by atoms with E-state index in [9.17, 15) is 4.79 Å². The van der Waals surface area contributed by atoms with Gasteiger partial charge in [0.1, 0.15) is 5.76 Å². The van der Waals surface area contributed by atoms with Gasteiger partial charge in [0.25, 0.3) is 5.91 Å². The van der Waals surface area contributed by atoms with E-state index in [1.165, 1.54) is 11.8 Å². The van der Waals surface area contributed by atoms with Gasteiger partial charge >= 0.3 is 0 Å². The normalized spacial score (nSPS) is 16.1. The van der Waals surface area contributed by atoms with E-state index in [1.807, 2.05) is 66.7 Å². The van der Waals surface area contributed by atoms with Gasteiger partial charge in [0, 0.05) is 4.47 Å². The van der Waals surface area contributed by atoms with E-state index >= 15 is 0 Å². The van der Waals surface area contributed by atoms with Crippen molar-refractivity contribution in [1.29, 1.82) is 0 Å². The molecular formula is C28H20BrN3O2S. The zero-order valence-corrected chi connectivity index (χ0v) is 20.9. The third-order valence-electron chi connectivity index (χ3n) is 5.32. The Morgan fingerprint density at radius 1 is 0.857 bits per heavy atom. The molecule has 35 heavy (non-hydrogen) atoms. The van der Waals surface area contributed by atoms with E-state index < -0.39 is 0 Å². The van der Waals surface area contributed by atoms with E-state index in [1.54, 1.807) is 23.4 Å². The Hall–Kier alpha value is -3.68. The van der Waals surface area contributed by atoms with Crippen LogP contribution in [-0.2, 0) is 11.3 Å². The molecule has 0 atom stereocenters. The quantitative estimate of drug-likeness (QED) is 0.147. The van der Waals surface area contributed by atoms with Crippen LogP contribution in [0.2, 0.25) is 0 Å². The van der Waals surface area contributed by atoms with E-state index in [2.05, 4.69) is 50.4 Å². The monoisotopic (exact) mass is 541 g/mol. The smallest absolute Gasteiger partial charge is 0.267 e. The second-order valence-electron chi connectivity index (χ2n) is 7.75. The van der Waals surface area contributed by atoms with E-state index in [0.717, 1.165) is 26.7 Å². The van der Waals surface area contributed by atoms with Gasteiger partial charge < -0.3 is 4.42 Å². The van der Waals surface area contributed by atoms with Crippen molar-refractivity contribution in [3.63, 3.8) is 0 Å². The first-order chi connectivity index (χ1) is 17.2. The topological polar surface area (TPSA) is 58.2 Å².